The second kappa shape index (κ2) is 6.55. The summed E-state index contributed by atoms with van der Waals surface area (Å²) in [6, 6.07) is 10.7. The van der Waals surface area contributed by atoms with E-state index in [9.17, 15) is 4.79 Å². The van der Waals surface area contributed by atoms with Gasteiger partial charge in [-0.05, 0) is 30.9 Å². The third-order valence-corrected chi connectivity index (χ3v) is 3.57. The van der Waals surface area contributed by atoms with Crippen molar-refractivity contribution in [3.63, 3.8) is 0 Å². The Labute approximate surface area is 109 Å². The predicted octanol–water partition coefficient (Wildman–Crippen LogP) is 2.05. The molecule has 1 aromatic carbocycles. The molecular weight excluding hydrogens is 224 g/mol. The van der Waals surface area contributed by atoms with Crippen molar-refractivity contribution in [3.05, 3.63) is 35.9 Å². The molecule has 0 bridgehead atoms. The Bertz CT molecular complexity index is 371. The smallest absolute Gasteiger partial charge is 0.220 e. The maximum atomic E-state index is 11.8. The average molecular weight is 246 g/mol. The van der Waals surface area contributed by atoms with E-state index < -0.39 is 0 Å². The first-order valence-corrected chi connectivity index (χ1v) is 6.80. The maximum absolute atomic E-state index is 11.8. The highest BCUT2D eigenvalue weighted by Crippen LogP contribution is 2.18. The molecule has 0 aliphatic carbocycles. The lowest BCUT2D eigenvalue weighted by Gasteiger charge is -2.14. The van der Waals surface area contributed by atoms with Crippen molar-refractivity contribution in [2.45, 2.75) is 38.1 Å². The van der Waals surface area contributed by atoms with Crippen molar-refractivity contribution < 1.29 is 4.79 Å². The predicted molar refractivity (Wildman–Crippen MR) is 73.5 cm³/mol. The normalized spacial score (nSPS) is 20.6. The number of hydrogen-bond acceptors (Lipinski definition) is 2. The molecule has 1 aliphatic rings. The lowest BCUT2D eigenvalue weighted by molar-refractivity contribution is -0.121. The summed E-state index contributed by atoms with van der Waals surface area (Å²) in [5.74, 6) is 0.433. The van der Waals surface area contributed by atoms with Gasteiger partial charge in [0.25, 0.3) is 0 Å². The van der Waals surface area contributed by atoms with Crippen LogP contribution in [0.2, 0.25) is 0 Å². The Morgan fingerprint density at radius 3 is 2.89 bits per heavy atom. The fourth-order valence-corrected chi connectivity index (χ4v) is 2.42. The van der Waals surface area contributed by atoms with Crippen LogP contribution in [0.3, 0.4) is 0 Å². The SMILES string of the molecule is CC(CC(=O)NCC1CCCN1)c1ccccc1. The number of hydrogen-bond donors (Lipinski definition) is 2. The zero-order valence-corrected chi connectivity index (χ0v) is 11.0. The van der Waals surface area contributed by atoms with Gasteiger partial charge in [0.05, 0.1) is 0 Å². The number of rotatable bonds is 5. The molecule has 1 amide bonds. The van der Waals surface area contributed by atoms with Gasteiger partial charge in [-0.25, -0.2) is 0 Å². The molecule has 1 heterocycles. The lowest BCUT2D eigenvalue weighted by Crippen LogP contribution is -2.37. The molecule has 2 unspecified atom stereocenters. The molecule has 98 valence electrons. The van der Waals surface area contributed by atoms with E-state index in [-0.39, 0.29) is 11.8 Å². The molecule has 0 radical (unpaired) electrons. The van der Waals surface area contributed by atoms with E-state index in [4.69, 9.17) is 0 Å². The van der Waals surface area contributed by atoms with Crippen LogP contribution >= 0.6 is 0 Å². The number of carbonyl (C=O) groups excluding carboxylic acids is 1. The maximum Gasteiger partial charge on any atom is 0.220 e. The van der Waals surface area contributed by atoms with E-state index >= 15 is 0 Å². The first kappa shape index (κ1) is 13.1. The molecule has 1 aliphatic heterocycles. The van der Waals surface area contributed by atoms with Crippen LogP contribution in [-0.4, -0.2) is 25.0 Å². The van der Waals surface area contributed by atoms with E-state index in [1.165, 1.54) is 18.4 Å². The second-order valence-corrected chi connectivity index (χ2v) is 5.11. The monoisotopic (exact) mass is 246 g/mol. The summed E-state index contributed by atoms with van der Waals surface area (Å²) in [4.78, 5) is 11.8. The Hall–Kier alpha value is -1.35. The minimum absolute atomic E-state index is 0.153. The van der Waals surface area contributed by atoms with E-state index in [1.54, 1.807) is 0 Å². The summed E-state index contributed by atoms with van der Waals surface area (Å²) < 4.78 is 0. The fourth-order valence-electron chi connectivity index (χ4n) is 2.42. The van der Waals surface area contributed by atoms with Crippen LogP contribution < -0.4 is 10.6 Å². The summed E-state index contributed by atoms with van der Waals surface area (Å²) in [5.41, 5.74) is 1.23. The lowest BCUT2D eigenvalue weighted by atomic mass is 9.97. The van der Waals surface area contributed by atoms with Gasteiger partial charge in [-0.1, -0.05) is 37.3 Å². The minimum Gasteiger partial charge on any atom is -0.355 e. The Morgan fingerprint density at radius 1 is 1.44 bits per heavy atom. The molecule has 18 heavy (non-hydrogen) atoms. The van der Waals surface area contributed by atoms with Crippen molar-refractivity contribution in [1.29, 1.82) is 0 Å². The van der Waals surface area contributed by atoms with Crippen molar-refractivity contribution in [2.24, 2.45) is 0 Å². The van der Waals surface area contributed by atoms with Crippen molar-refractivity contribution >= 4 is 5.91 Å². The van der Waals surface area contributed by atoms with Crippen LogP contribution in [0.15, 0.2) is 30.3 Å². The highest BCUT2D eigenvalue weighted by molar-refractivity contribution is 5.76. The molecule has 1 fully saturated rings. The van der Waals surface area contributed by atoms with E-state index in [2.05, 4.69) is 29.7 Å². The summed E-state index contributed by atoms with van der Waals surface area (Å²) in [5, 5.41) is 6.41. The molecule has 1 aromatic rings. The van der Waals surface area contributed by atoms with Gasteiger partial charge in [-0.2, -0.15) is 0 Å². The third-order valence-electron chi connectivity index (χ3n) is 3.57. The molecule has 2 rings (SSSR count). The molecule has 3 heteroatoms. The van der Waals surface area contributed by atoms with Gasteiger partial charge < -0.3 is 10.6 Å². The van der Waals surface area contributed by atoms with Gasteiger partial charge in [-0.15, -0.1) is 0 Å². The van der Waals surface area contributed by atoms with Crippen LogP contribution in [-0.2, 0) is 4.79 Å². The van der Waals surface area contributed by atoms with Crippen LogP contribution in [0, 0.1) is 0 Å². The van der Waals surface area contributed by atoms with Gasteiger partial charge in [0.2, 0.25) is 5.91 Å². The quantitative estimate of drug-likeness (QED) is 0.835. The summed E-state index contributed by atoms with van der Waals surface area (Å²) in [6.45, 7) is 3.95. The zero-order valence-electron chi connectivity index (χ0n) is 11.0. The highest BCUT2D eigenvalue weighted by atomic mass is 16.1. The zero-order chi connectivity index (χ0) is 12.8. The molecular formula is C15H22N2O. The average Bonchev–Trinajstić information content (AvgIpc) is 2.90. The molecule has 1 saturated heterocycles. The first-order valence-electron chi connectivity index (χ1n) is 6.80. The van der Waals surface area contributed by atoms with Gasteiger partial charge in [0.1, 0.15) is 0 Å². The molecule has 2 atom stereocenters. The van der Waals surface area contributed by atoms with Gasteiger partial charge in [0, 0.05) is 19.0 Å². The number of amides is 1. The van der Waals surface area contributed by atoms with Crippen molar-refractivity contribution in [3.8, 4) is 0 Å². The number of nitrogens with one attached hydrogen (secondary N) is 2. The highest BCUT2D eigenvalue weighted by Gasteiger charge is 2.16. The summed E-state index contributed by atoms with van der Waals surface area (Å²) in [7, 11) is 0. The van der Waals surface area contributed by atoms with Crippen molar-refractivity contribution in [1.82, 2.24) is 10.6 Å². The van der Waals surface area contributed by atoms with E-state index in [1.807, 2.05) is 18.2 Å². The Morgan fingerprint density at radius 2 is 2.22 bits per heavy atom. The largest absolute Gasteiger partial charge is 0.355 e. The molecule has 2 N–H and O–H groups in total. The van der Waals surface area contributed by atoms with Gasteiger partial charge in [0.15, 0.2) is 0 Å². The van der Waals surface area contributed by atoms with Crippen LogP contribution in [0.25, 0.3) is 0 Å². The fraction of sp³-hybridized carbons (Fsp3) is 0.533. The Kier molecular flexibility index (Phi) is 4.76. The molecule has 0 saturated carbocycles. The van der Waals surface area contributed by atoms with E-state index in [0.29, 0.717) is 12.5 Å². The third kappa shape index (κ3) is 3.84. The van der Waals surface area contributed by atoms with E-state index in [0.717, 1.165) is 13.1 Å². The van der Waals surface area contributed by atoms with Crippen LogP contribution in [0.4, 0.5) is 0 Å². The second-order valence-electron chi connectivity index (χ2n) is 5.11. The molecule has 3 nitrogen and oxygen atoms in total. The number of carbonyl (C=O) groups is 1. The van der Waals surface area contributed by atoms with Crippen molar-refractivity contribution in [2.75, 3.05) is 13.1 Å². The molecule has 0 spiro atoms. The first-order chi connectivity index (χ1) is 8.75. The summed E-state index contributed by atoms with van der Waals surface area (Å²) >= 11 is 0. The van der Waals surface area contributed by atoms with Crippen LogP contribution in [0.1, 0.15) is 37.7 Å². The van der Waals surface area contributed by atoms with Gasteiger partial charge in [-0.3, -0.25) is 4.79 Å². The topological polar surface area (TPSA) is 41.1 Å². The van der Waals surface area contributed by atoms with Crippen LogP contribution in [0.5, 0.6) is 0 Å². The minimum atomic E-state index is 0.153. The Balaban J connectivity index is 1.73. The van der Waals surface area contributed by atoms with Gasteiger partial charge >= 0.3 is 0 Å². The standard InChI is InChI=1S/C15H22N2O/c1-12(13-6-3-2-4-7-13)10-15(18)17-11-14-8-5-9-16-14/h2-4,6-7,12,14,16H,5,8-11H2,1H3,(H,17,18). The summed E-state index contributed by atoms with van der Waals surface area (Å²) in [6.07, 6.45) is 2.96. The number of benzene rings is 1. The molecule has 0 aromatic heterocycles.